The third-order valence-electron chi connectivity index (χ3n) is 0. The topological polar surface area (TPSA) is 106 Å². The van der Waals surface area contributed by atoms with Crippen LogP contribution in [0.4, 0.5) is 0 Å². The molecule has 9 heteroatoms. The van der Waals surface area contributed by atoms with Gasteiger partial charge in [0, 0.05) is 34.1 Å². The van der Waals surface area contributed by atoms with Gasteiger partial charge in [-0.05, 0) is 0 Å². The molecule has 0 amide bonds. The summed E-state index contributed by atoms with van der Waals surface area (Å²) in [4.78, 5) is 0. The van der Waals surface area contributed by atoms with E-state index in [1.54, 1.807) is 0 Å². The Labute approximate surface area is 84.6 Å². The first-order chi connectivity index (χ1) is 2.00. The van der Waals surface area contributed by atoms with Gasteiger partial charge in [-0.25, -0.2) is 0 Å². The SMILES string of the molecule is O.O=S(=O)(O)O.[AlH3].[Cu].[Fe]. The molecule has 0 spiro atoms. The number of hydrogen-bond donors (Lipinski definition) is 2. The number of hydrogen-bond acceptors (Lipinski definition) is 2. The third-order valence-corrected chi connectivity index (χ3v) is 0. The van der Waals surface area contributed by atoms with Crippen molar-refractivity contribution in [3.05, 3.63) is 0 Å². The van der Waals surface area contributed by atoms with Crippen molar-refractivity contribution in [2.45, 2.75) is 0 Å². The fraction of sp³-hybridized carbons (Fsp3) is 0. The van der Waals surface area contributed by atoms with Crippen LogP contribution in [-0.4, -0.2) is 40.4 Å². The van der Waals surface area contributed by atoms with Crippen LogP contribution in [0.25, 0.3) is 0 Å². The molecule has 0 saturated heterocycles. The van der Waals surface area contributed by atoms with Crippen molar-refractivity contribution < 1.29 is 57.1 Å². The molecule has 0 aromatic rings. The van der Waals surface area contributed by atoms with E-state index in [4.69, 9.17) is 17.5 Å². The Morgan fingerprint density at radius 1 is 1.11 bits per heavy atom. The predicted molar refractivity (Wildman–Crippen MR) is 27.7 cm³/mol. The average Bonchev–Trinajstić information content (AvgIpc) is 0.722. The molecule has 0 atom stereocenters. The summed E-state index contributed by atoms with van der Waals surface area (Å²) in [6.45, 7) is 0. The smallest absolute Gasteiger partial charge is 0.394 e. The van der Waals surface area contributed by atoms with Crippen molar-refractivity contribution in [1.82, 2.24) is 0 Å². The maximum absolute atomic E-state index is 8.74. The van der Waals surface area contributed by atoms with Gasteiger partial charge in [0.1, 0.15) is 0 Å². The van der Waals surface area contributed by atoms with Crippen LogP contribution in [0, 0.1) is 0 Å². The molecule has 0 aliphatic heterocycles. The Hall–Kier alpha value is 1.40. The fourth-order valence-corrected chi connectivity index (χ4v) is 0. The van der Waals surface area contributed by atoms with E-state index in [-0.39, 0.29) is 57.0 Å². The van der Waals surface area contributed by atoms with E-state index in [9.17, 15) is 0 Å². The summed E-state index contributed by atoms with van der Waals surface area (Å²) in [7, 11) is -4.67. The summed E-state index contributed by atoms with van der Waals surface area (Å²) in [6.07, 6.45) is 0. The van der Waals surface area contributed by atoms with Crippen LogP contribution in [-0.2, 0) is 44.5 Å². The van der Waals surface area contributed by atoms with E-state index in [0.29, 0.717) is 0 Å². The second-order valence-electron chi connectivity index (χ2n) is 0.448. The van der Waals surface area contributed by atoms with Crippen molar-refractivity contribution in [2.75, 3.05) is 0 Å². The van der Waals surface area contributed by atoms with Crippen LogP contribution >= 0.6 is 0 Å². The predicted octanol–water partition coefficient (Wildman–Crippen LogP) is -2.67. The molecule has 0 unspecified atom stereocenters. The molecule has 0 fully saturated rings. The quantitative estimate of drug-likeness (QED) is 0.368. The van der Waals surface area contributed by atoms with Gasteiger partial charge in [-0.1, -0.05) is 0 Å². The summed E-state index contributed by atoms with van der Waals surface area (Å²) in [5, 5.41) is 0. The normalized spacial score (nSPS) is 6.44. The van der Waals surface area contributed by atoms with Gasteiger partial charge in [-0.2, -0.15) is 8.42 Å². The summed E-state index contributed by atoms with van der Waals surface area (Å²) >= 11 is 0. The Bertz CT molecular complexity index is 100. The number of rotatable bonds is 0. The Morgan fingerprint density at radius 3 is 1.11 bits per heavy atom. The zero-order chi connectivity index (χ0) is 4.50. The van der Waals surface area contributed by atoms with Crippen molar-refractivity contribution in [3.63, 3.8) is 0 Å². The van der Waals surface area contributed by atoms with Crippen LogP contribution in [0.3, 0.4) is 0 Å². The molecule has 0 bridgehead atoms. The van der Waals surface area contributed by atoms with Gasteiger partial charge >= 0.3 is 10.4 Å². The second kappa shape index (κ2) is 12.1. The minimum Gasteiger partial charge on any atom is -0.412 e. The summed E-state index contributed by atoms with van der Waals surface area (Å²) in [5.74, 6) is 0. The van der Waals surface area contributed by atoms with Crippen molar-refractivity contribution in [3.8, 4) is 0 Å². The monoisotopic (exact) mass is 265 g/mol. The molecule has 65 valence electrons. The van der Waals surface area contributed by atoms with E-state index < -0.39 is 10.4 Å². The zero-order valence-corrected chi connectivity index (χ0v) is 6.14. The molecule has 0 heterocycles. The molecular weight excluding hydrogens is 258 g/mol. The average molecular weight is 265 g/mol. The van der Waals surface area contributed by atoms with E-state index in [0.717, 1.165) is 0 Å². The molecule has 0 saturated carbocycles. The van der Waals surface area contributed by atoms with Gasteiger partial charge in [0.05, 0.1) is 0 Å². The van der Waals surface area contributed by atoms with Crippen LogP contribution in [0.2, 0.25) is 0 Å². The standard InChI is InChI=1S/Al.Cu.Fe.H2O4S.H2O.3H/c;;;1-5(2,3)4;;;;/h;;;(H2,1,2,3,4);1H2;;;. The van der Waals surface area contributed by atoms with Crippen LogP contribution in [0.5, 0.6) is 0 Å². The van der Waals surface area contributed by atoms with Crippen molar-refractivity contribution in [2.24, 2.45) is 0 Å². The zero-order valence-electron chi connectivity index (χ0n) is 3.27. The molecular formula is H7AlCuFeO5S. The molecule has 1 radical (unpaired) electrons. The van der Waals surface area contributed by atoms with Crippen molar-refractivity contribution >= 4 is 27.8 Å². The largest absolute Gasteiger partial charge is 0.412 e. The van der Waals surface area contributed by atoms with Crippen LogP contribution in [0.1, 0.15) is 0 Å². The van der Waals surface area contributed by atoms with Crippen LogP contribution in [0.15, 0.2) is 0 Å². The fourth-order valence-electron chi connectivity index (χ4n) is 0. The van der Waals surface area contributed by atoms with E-state index in [1.807, 2.05) is 0 Å². The minimum atomic E-state index is -4.67. The molecule has 0 aromatic heterocycles. The Balaban J connectivity index is -0.0000000133. The first kappa shape index (κ1) is 31.5. The molecule has 4 N–H and O–H groups in total. The first-order valence-electron chi connectivity index (χ1n) is 0.698. The van der Waals surface area contributed by atoms with Gasteiger partial charge in [-0.3, -0.25) is 9.11 Å². The summed E-state index contributed by atoms with van der Waals surface area (Å²) in [6, 6.07) is 0. The maximum atomic E-state index is 8.74. The minimum absolute atomic E-state index is 0. The van der Waals surface area contributed by atoms with Gasteiger partial charge < -0.3 is 5.48 Å². The second-order valence-corrected chi connectivity index (χ2v) is 1.34. The van der Waals surface area contributed by atoms with Gasteiger partial charge in [0.15, 0.2) is 17.4 Å². The molecule has 0 aliphatic rings. The van der Waals surface area contributed by atoms with E-state index in [1.165, 1.54) is 0 Å². The Kier molecular flexibility index (Phi) is 42.4. The Morgan fingerprint density at radius 2 is 1.11 bits per heavy atom. The molecule has 0 aromatic carbocycles. The molecule has 5 nitrogen and oxygen atoms in total. The van der Waals surface area contributed by atoms with Crippen molar-refractivity contribution in [1.29, 1.82) is 0 Å². The third kappa shape index (κ3) is 262. The first-order valence-corrected chi connectivity index (χ1v) is 2.10. The maximum Gasteiger partial charge on any atom is 0.394 e. The van der Waals surface area contributed by atoms with Gasteiger partial charge in [0.2, 0.25) is 0 Å². The van der Waals surface area contributed by atoms with Gasteiger partial charge in [-0.15, -0.1) is 0 Å². The van der Waals surface area contributed by atoms with Gasteiger partial charge in [0.25, 0.3) is 0 Å². The van der Waals surface area contributed by atoms with Crippen LogP contribution < -0.4 is 0 Å². The molecule has 9 heavy (non-hydrogen) atoms. The summed E-state index contributed by atoms with van der Waals surface area (Å²) < 4.78 is 31.6. The molecule has 0 rings (SSSR count). The molecule has 0 aliphatic carbocycles. The van der Waals surface area contributed by atoms with E-state index in [2.05, 4.69) is 0 Å². The summed E-state index contributed by atoms with van der Waals surface area (Å²) in [5.41, 5.74) is 0. The van der Waals surface area contributed by atoms with E-state index >= 15 is 0 Å².